The van der Waals surface area contributed by atoms with E-state index in [4.69, 9.17) is 16.3 Å². The Kier molecular flexibility index (Phi) is 5.77. The molecular formula is C20H22ClNO4S. The van der Waals surface area contributed by atoms with Crippen molar-refractivity contribution in [1.82, 2.24) is 4.90 Å². The molecule has 2 aromatic carbocycles. The molecule has 0 N–H and O–H groups in total. The average Bonchev–Trinajstić information content (AvgIpc) is 3.00. The van der Waals surface area contributed by atoms with E-state index >= 15 is 0 Å². The van der Waals surface area contributed by atoms with E-state index < -0.39 is 9.84 Å². The third-order valence-corrected chi connectivity index (χ3v) is 6.83. The van der Waals surface area contributed by atoms with Gasteiger partial charge in [0.1, 0.15) is 5.75 Å². The predicted octanol–water partition coefficient (Wildman–Crippen LogP) is 3.49. The van der Waals surface area contributed by atoms with Crippen LogP contribution in [-0.4, -0.2) is 43.9 Å². The van der Waals surface area contributed by atoms with Crippen molar-refractivity contribution in [3.05, 3.63) is 64.2 Å². The lowest BCUT2D eigenvalue weighted by Crippen LogP contribution is -2.40. The van der Waals surface area contributed by atoms with Gasteiger partial charge in [0.15, 0.2) is 9.84 Å². The lowest BCUT2D eigenvalue weighted by molar-refractivity contribution is 0.0681. The van der Waals surface area contributed by atoms with Crippen LogP contribution >= 0.6 is 11.6 Å². The Labute approximate surface area is 164 Å². The van der Waals surface area contributed by atoms with Gasteiger partial charge in [-0.3, -0.25) is 4.79 Å². The van der Waals surface area contributed by atoms with Crippen molar-refractivity contribution < 1.29 is 17.9 Å². The standard InChI is InChI=1S/C20H22ClNO4S/c1-14-3-5-15(6-4-14)12-22(17-9-10-27(24,25)13-17)20(23)16-7-8-19(26-2)18(21)11-16/h3-8,11,17H,9-10,12-13H2,1-2H3. The number of aryl methyl sites for hydroxylation is 1. The molecule has 3 rings (SSSR count). The molecule has 0 radical (unpaired) electrons. The maximum Gasteiger partial charge on any atom is 0.254 e. The van der Waals surface area contributed by atoms with Crippen molar-refractivity contribution in [2.45, 2.75) is 25.9 Å². The van der Waals surface area contributed by atoms with Gasteiger partial charge in [-0.1, -0.05) is 41.4 Å². The van der Waals surface area contributed by atoms with Crippen molar-refractivity contribution in [1.29, 1.82) is 0 Å². The minimum atomic E-state index is -3.11. The fourth-order valence-corrected chi connectivity index (χ4v) is 5.23. The van der Waals surface area contributed by atoms with Crippen molar-refractivity contribution in [3.63, 3.8) is 0 Å². The van der Waals surface area contributed by atoms with E-state index in [1.54, 1.807) is 23.1 Å². The van der Waals surface area contributed by atoms with Crippen LogP contribution in [0.1, 0.15) is 27.9 Å². The van der Waals surface area contributed by atoms with Gasteiger partial charge in [-0.2, -0.15) is 0 Å². The van der Waals surface area contributed by atoms with Gasteiger partial charge in [-0.05, 0) is 37.1 Å². The lowest BCUT2D eigenvalue weighted by Gasteiger charge is -2.29. The highest BCUT2D eigenvalue weighted by molar-refractivity contribution is 7.91. The molecule has 2 aromatic rings. The molecule has 7 heteroatoms. The predicted molar refractivity (Wildman–Crippen MR) is 106 cm³/mol. The molecule has 1 aliphatic heterocycles. The quantitative estimate of drug-likeness (QED) is 0.761. The summed E-state index contributed by atoms with van der Waals surface area (Å²) in [6.07, 6.45) is 0.448. The zero-order valence-electron chi connectivity index (χ0n) is 15.3. The van der Waals surface area contributed by atoms with Crippen molar-refractivity contribution in [2.75, 3.05) is 18.6 Å². The molecule has 27 heavy (non-hydrogen) atoms. The van der Waals surface area contributed by atoms with Crippen molar-refractivity contribution in [2.24, 2.45) is 0 Å². The van der Waals surface area contributed by atoms with Gasteiger partial charge < -0.3 is 9.64 Å². The Balaban J connectivity index is 1.92. The van der Waals surface area contributed by atoms with Gasteiger partial charge in [-0.15, -0.1) is 0 Å². The summed E-state index contributed by atoms with van der Waals surface area (Å²) in [5, 5.41) is 0.345. The van der Waals surface area contributed by atoms with Crippen molar-refractivity contribution in [3.8, 4) is 5.75 Å². The fourth-order valence-electron chi connectivity index (χ4n) is 3.24. The minimum absolute atomic E-state index is 0.00547. The Hall–Kier alpha value is -2.05. The third-order valence-electron chi connectivity index (χ3n) is 4.78. The number of carbonyl (C=O) groups is 1. The highest BCUT2D eigenvalue weighted by atomic mass is 35.5. The summed E-state index contributed by atoms with van der Waals surface area (Å²) < 4.78 is 29.1. The van der Waals surface area contributed by atoms with Crippen LogP contribution in [0.2, 0.25) is 5.02 Å². The SMILES string of the molecule is COc1ccc(C(=O)N(Cc2ccc(C)cc2)C2CCS(=O)(=O)C2)cc1Cl. The molecule has 1 aliphatic rings. The van der Waals surface area contributed by atoms with Gasteiger partial charge >= 0.3 is 0 Å². The number of sulfone groups is 1. The first-order valence-electron chi connectivity index (χ1n) is 8.69. The monoisotopic (exact) mass is 407 g/mol. The molecule has 1 fully saturated rings. The second kappa shape index (κ2) is 7.90. The molecule has 1 heterocycles. The number of ether oxygens (including phenoxy) is 1. The van der Waals surface area contributed by atoms with Gasteiger partial charge in [0, 0.05) is 18.2 Å². The maximum absolute atomic E-state index is 13.2. The molecular weight excluding hydrogens is 386 g/mol. The first kappa shape index (κ1) is 19.7. The summed E-state index contributed by atoms with van der Waals surface area (Å²) in [7, 11) is -1.60. The lowest BCUT2D eigenvalue weighted by atomic mass is 10.1. The molecule has 0 bridgehead atoms. The number of amides is 1. The summed E-state index contributed by atoms with van der Waals surface area (Å²) in [4.78, 5) is 14.8. The summed E-state index contributed by atoms with van der Waals surface area (Å²) >= 11 is 6.17. The fraction of sp³-hybridized carbons (Fsp3) is 0.350. The van der Waals surface area contributed by atoms with Crippen LogP contribution in [0.3, 0.4) is 0 Å². The van der Waals surface area contributed by atoms with Crippen LogP contribution in [0.25, 0.3) is 0 Å². The zero-order valence-corrected chi connectivity index (χ0v) is 16.9. The average molecular weight is 408 g/mol. The number of hydrogen-bond acceptors (Lipinski definition) is 4. The van der Waals surface area contributed by atoms with Crippen LogP contribution in [0, 0.1) is 6.92 Å². The number of carbonyl (C=O) groups excluding carboxylic acids is 1. The van der Waals surface area contributed by atoms with E-state index in [9.17, 15) is 13.2 Å². The molecule has 0 aliphatic carbocycles. The van der Waals surface area contributed by atoms with Crippen LogP contribution in [0.5, 0.6) is 5.75 Å². The van der Waals surface area contributed by atoms with Gasteiger partial charge in [0.05, 0.1) is 23.6 Å². The Morgan fingerprint density at radius 1 is 1.22 bits per heavy atom. The number of methoxy groups -OCH3 is 1. The number of nitrogens with zero attached hydrogens (tertiary/aromatic N) is 1. The van der Waals surface area contributed by atoms with Crippen LogP contribution in [-0.2, 0) is 16.4 Å². The molecule has 1 atom stereocenters. The van der Waals surface area contributed by atoms with E-state index in [1.165, 1.54) is 7.11 Å². The van der Waals surface area contributed by atoms with Crippen LogP contribution in [0.4, 0.5) is 0 Å². The van der Waals surface area contributed by atoms with Crippen molar-refractivity contribution >= 4 is 27.3 Å². The topological polar surface area (TPSA) is 63.7 Å². The molecule has 144 valence electrons. The third kappa shape index (κ3) is 4.62. The minimum Gasteiger partial charge on any atom is -0.495 e. The maximum atomic E-state index is 13.2. The molecule has 5 nitrogen and oxygen atoms in total. The Morgan fingerprint density at radius 2 is 1.93 bits per heavy atom. The molecule has 1 saturated heterocycles. The van der Waals surface area contributed by atoms with E-state index in [2.05, 4.69) is 0 Å². The van der Waals surface area contributed by atoms with E-state index in [1.807, 2.05) is 31.2 Å². The summed E-state index contributed by atoms with van der Waals surface area (Å²) in [5.74, 6) is 0.358. The van der Waals surface area contributed by atoms with Crippen LogP contribution in [0.15, 0.2) is 42.5 Å². The molecule has 0 aromatic heterocycles. The van der Waals surface area contributed by atoms with Gasteiger partial charge in [-0.25, -0.2) is 8.42 Å². The second-order valence-corrected chi connectivity index (χ2v) is 9.46. The summed E-state index contributed by atoms with van der Waals surface area (Å²) in [6, 6.07) is 12.4. The summed E-state index contributed by atoms with van der Waals surface area (Å²) in [6.45, 7) is 2.35. The number of hydrogen-bond donors (Lipinski definition) is 0. The Morgan fingerprint density at radius 3 is 2.48 bits per heavy atom. The number of rotatable bonds is 5. The molecule has 1 unspecified atom stereocenters. The van der Waals surface area contributed by atoms with Crippen LogP contribution < -0.4 is 4.74 Å². The van der Waals surface area contributed by atoms with Gasteiger partial charge in [0.25, 0.3) is 5.91 Å². The first-order valence-corrected chi connectivity index (χ1v) is 10.9. The normalized spacial score (nSPS) is 18.3. The molecule has 0 spiro atoms. The second-order valence-electron chi connectivity index (χ2n) is 6.82. The van der Waals surface area contributed by atoms with Gasteiger partial charge in [0.2, 0.25) is 0 Å². The largest absolute Gasteiger partial charge is 0.495 e. The highest BCUT2D eigenvalue weighted by Gasteiger charge is 2.35. The number of halogens is 1. The van der Waals surface area contributed by atoms with E-state index in [0.29, 0.717) is 29.3 Å². The van der Waals surface area contributed by atoms with E-state index in [0.717, 1.165) is 11.1 Å². The molecule has 0 saturated carbocycles. The summed E-state index contributed by atoms with van der Waals surface area (Å²) in [5.41, 5.74) is 2.50. The smallest absolute Gasteiger partial charge is 0.254 e. The highest BCUT2D eigenvalue weighted by Crippen LogP contribution is 2.28. The zero-order chi connectivity index (χ0) is 19.6. The Bertz CT molecular complexity index is 941. The first-order chi connectivity index (χ1) is 12.8. The molecule has 1 amide bonds. The van der Waals surface area contributed by atoms with E-state index in [-0.39, 0.29) is 23.5 Å². The number of benzene rings is 2.